The molecule has 0 spiro atoms. The van der Waals surface area contributed by atoms with Gasteiger partial charge in [-0.05, 0) is 80.0 Å². The fraction of sp³-hybridized carbons (Fsp3) is 0.600. The molecule has 4 bridgehead atoms. The van der Waals surface area contributed by atoms with Gasteiger partial charge >= 0.3 is 6.18 Å². The maximum atomic E-state index is 12.6. The van der Waals surface area contributed by atoms with Gasteiger partial charge in [-0.2, -0.15) is 13.2 Å². The van der Waals surface area contributed by atoms with Gasteiger partial charge in [0, 0.05) is 11.6 Å². The first-order valence-corrected chi connectivity index (χ1v) is 9.54. The maximum absolute atomic E-state index is 12.6. The van der Waals surface area contributed by atoms with E-state index in [4.69, 9.17) is 0 Å². The summed E-state index contributed by atoms with van der Waals surface area (Å²) >= 11 is 0. The Balaban J connectivity index is 1.28. The van der Waals surface area contributed by atoms with Crippen LogP contribution >= 0.6 is 0 Å². The summed E-state index contributed by atoms with van der Waals surface area (Å²) in [5.41, 5.74) is -0.705. The number of amides is 2. The Morgan fingerprint density at radius 1 is 0.926 bits per heavy atom. The Morgan fingerprint density at radius 2 is 1.48 bits per heavy atom. The number of rotatable bonds is 4. The predicted octanol–water partition coefficient (Wildman–Crippen LogP) is 3.38. The van der Waals surface area contributed by atoms with Crippen LogP contribution in [0.25, 0.3) is 0 Å². The minimum absolute atomic E-state index is 0.102. The van der Waals surface area contributed by atoms with E-state index in [-0.39, 0.29) is 24.1 Å². The number of carbonyl (C=O) groups excluding carboxylic acids is 2. The minimum atomic E-state index is -4.44. The van der Waals surface area contributed by atoms with Crippen molar-refractivity contribution in [3.05, 3.63) is 35.4 Å². The van der Waals surface area contributed by atoms with Crippen LogP contribution in [0, 0.1) is 23.7 Å². The van der Waals surface area contributed by atoms with Crippen LogP contribution in [0.3, 0.4) is 0 Å². The summed E-state index contributed by atoms with van der Waals surface area (Å²) in [4.78, 5) is 24.4. The Kier molecular flexibility index (Phi) is 4.64. The molecule has 27 heavy (non-hydrogen) atoms. The molecule has 4 aliphatic carbocycles. The summed E-state index contributed by atoms with van der Waals surface area (Å²) in [6, 6.07) is 4.17. The van der Waals surface area contributed by atoms with Crippen molar-refractivity contribution in [1.29, 1.82) is 0 Å². The van der Waals surface area contributed by atoms with Gasteiger partial charge in [0.25, 0.3) is 5.91 Å². The van der Waals surface area contributed by atoms with Gasteiger partial charge in [-0.3, -0.25) is 9.59 Å². The lowest BCUT2D eigenvalue weighted by molar-refractivity contribution is -0.137. The number of halogens is 3. The second-order valence-corrected chi connectivity index (χ2v) is 8.28. The first-order chi connectivity index (χ1) is 12.8. The molecule has 2 amide bonds. The van der Waals surface area contributed by atoms with Crippen LogP contribution in [-0.2, 0) is 11.0 Å². The van der Waals surface area contributed by atoms with Crippen LogP contribution in [0.15, 0.2) is 24.3 Å². The van der Waals surface area contributed by atoms with E-state index in [9.17, 15) is 22.8 Å². The van der Waals surface area contributed by atoms with Gasteiger partial charge in [0.2, 0.25) is 5.91 Å². The first kappa shape index (κ1) is 18.3. The van der Waals surface area contributed by atoms with Gasteiger partial charge in [0.05, 0.1) is 12.1 Å². The summed E-state index contributed by atoms with van der Waals surface area (Å²) in [6.45, 7) is -0.164. The monoisotopic (exact) mass is 380 g/mol. The Labute approximate surface area is 155 Å². The Hall–Kier alpha value is -2.05. The quantitative estimate of drug-likeness (QED) is 0.841. The van der Waals surface area contributed by atoms with E-state index in [1.54, 1.807) is 0 Å². The van der Waals surface area contributed by atoms with E-state index < -0.39 is 17.6 Å². The average Bonchev–Trinajstić information content (AvgIpc) is 2.61. The lowest BCUT2D eigenvalue weighted by Gasteiger charge is -2.54. The standard InChI is InChI=1S/C20H23F3N2O2/c21-20(22,23)16-3-1-13(2-4-16)19(27)24-10-17(26)25-18-14-6-11-5-12(8-14)9-15(18)7-11/h1-4,11-12,14-15,18H,5-10H2,(H,24,27)(H,25,26). The summed E-state index contributed by atoms with van der Waals surface area (Å²) < 4.78 is 37.7. The summed E-state index contributed by atoms with van der Waals surface area (Å²) in [7, 11) is 0. The smallest absolute Gasteiger partial charge is 0.351 e. The molecule has 0 aromatic heterocycles. The van der Waals surface area contributed by atoms with Gasteiger partial charge in [-0.25, -0.2) is 0 Å². The van der Waals surface area contributed by atoms with Crippen LogP contribution in [0.5, 0.6) is 0 Å². The molecule has 146 valence electrons. The van der Waals surface area contributed by atoms with Crippen molar-refractivity contribution in [2.45, 2.75) is 44.3 Å². The summed E-state index contributed by atoms with van der Waals surface area (Å²) in [6.07, 6.45) is 1.67. The molecular formula is C20H23F3N2O2. The number of hydrogen-bond acceptors (Lipinski definition) is 2. The van der Waals surface area contributed by atoms with Gasteiger partial charge in [0.1, 0.15) is 0 Å². The van der Waals surface area contributed by atoms with E-state index >= 15 is 0 Å². The normalized spacial score (nSPS) is 31.6. The van der Waals surface area contributed by atoms with Crippen LogP contribution in [0.4, 0.5) is 13.2 Å². The van der Waals surface area contributed by atoms with E-state index in [1.165, 1.54) is 32.1 Å². The molecule has 4 saturated carbocycles. The number of hydrogen-bond donors (Lipinski definition) is 2. The highest BCUT2D eigenvalue weighted by Crippen LogP contribution is 2.53. The molecule has 0 unspecified atom stereocenters. The van der Waals surface area contributed by atoms with Crippen molar-refractivity contribution in [2.75, 3.05) is 6.54 Å². The van der Waals surface area contributed by atoms with Crippen molar-refractivity contribution in [3.63, 3.8) is 0 Å². The SMILES string of the molecule is O=C(CNC(=O)c1ccc(C(F)(F)F)cc1)NC1C2CC3CC(C2)CC1C3. The predicted molar refractivity (Wildman–Crippen MR) is 92.8 cm³/mol. The zero-order chi connectivity index (χ0) is 19.2. The van der Waals surface area contributed by atoms with Crippen molar-refractivity contribution in [3.8, 4) is 0 Å². The van der Waals surface area contributed by atoms with Crippen molar-refractivity contribution in [2.24, 2.45) is 23.7 Å². The van der Waals surface area contributed by atoms with Crippen molar-refractivity contribution >= 4 is 11.8 Å². The molecule has 4 fully saturated rings. The maximum Gasteiger partial charge on any atom is 0.416 e. The molecule has 0 saturated heterocycles. The largest absolute Gasteiger partial charge is 0.416 e. The molecule has 1 aromatic carbocycles. The highest BCUT2D eigenvalue weighted by atomic mass is 19.4. The summed E-state index contributed by atoms with van der Waals surface area (Å²) in [5, 5.41) is 5.59. The van der Waals surface area contributed by atoms with E-state index in [1.807, 2.05) is 0 Å². The molecule has 4 nitrogen and oxygen atoms in total. The second-order valence-electron chi connectivity index (χ2n) is 8.28. The molecule has 0 heterocycles. The number of nitrogens with one attached hydrogen (secondary N) is 2. The molecule has 0 radical (unpaired) electrons. The fourth-order valence-electron chi connectivity index (χ4n) is 5.47. The zero-order valence-electron chi connectivity index (χ0n) is 14.9. The molecule has 5 rings (SSSR count). The van der Waals surface area contributed by atoms with Crippen LogP contribution < -0.4 is 10.6 Å². The van der Waals surface area contributed by atoms with Crippen LogP contribution in [-0.4, -0.2) is 24.4 Å². The van der Waals surface area contributed by atoms with Gasteiger partial charge < -0.3 is 10.6 Å². The summed E-state index contributed by atoms with van der Waals surface area (Å²) in [5.74, 6) is 1.96. The molecule has 2 N–H and O–H groups in total. The molecule has 0 aliphatic heterocycles. The fourth-order valence-corrected chi connectivity index (χ4v) is 5.47. The molecule has 7 heteroatoms. The van der Waals surface area contributed by atoms with Crippen molar-refractivity contribution < 1.29 is 22.8 Å². The minimum Gasteiger partial charge on any atom is -0.351 e. The van der Waals surface area contributed by atoms with Crippen molar-refractivity contribution in [1.82, 2.24) is 10.6 Å². The third-order valence-electron chi connectivity index (χ3n) is 6.44. The molecular weight excluding hydrogens is 357 g/mol. The third kappa shape index (κ3) is 3.82. The lowest BCUT2D eigenvalue weighted by atomic mass is 9.54. The van der Waals surface area contributed by atoms with Gasteiger partial charge in [-0.1, -0.05) is 0 Å². The number of alkyl halides is 3. The molecule has 4 aliphatic rings. The molecule has 0 atom stereocenters. The van der Waals surface area contributed by atoms with Crippen LogP contribution in [0.2, 0.25) is 0 Å². The number of carbonyl (C=O) groups is 2. The number of benzene rings is 1. The van der Waals surface area contributed by atoms with Gasteiger partial charge in [0.15, 0.2) is 0 Å². The van der Waals surface area contributed by atoms with Crippen LogP contribution in [0.1, 0.15) is 48.0 Å². The first-order valence-electron chi connectivity index (χ1n) is 9.54. The highest BCUT2D eigenvalue weighted by Gasteiger charge is 2.48. The van der Waals surface area contributed by atoms with E-state index in [2.05, 4.69) is 10.6 Å². The molecule has 1 aromatic rings. The van der Waals surface area contributed by atoms with Gasteiger partial charge in [-0.15, -0.1) is 0 Å². The Morgan fingerprint density at radius 3 is 2.00 bits per heavy atom. The highest BCUT2D eigenvalue weighted by molar-refractivity contribution is 5.96. The average molecular weight is 380 g/mol. The lowest BCUT2D eigenvalue weighted by Crippen LogP contribution is -2.57. The van der Waals surface area contributed by atoms with E-state index in [0.29, 0.717) is 11.8 Å². The second kappa shape index (κ2) is 6.84. The Bertz CT molecular complexity index is 702. The third-order valence-corrected chi connectivity index (χ3v) is 6.44. The topological polar surface area (TPSA) is 58.2 Å². The van der Waals surface area contributed by atoms with E-state index in [0.717, 1.165) is 36.1 Å². The zero-order valence-corrected chi connectivity index (χ0v) is 14.9.